The molecule has 0 bridgehead atoms. The van der Waals surface area contributed by atoms with Crippen molar-refractivity contribution in [2.45, 2.75) is 12.2 Å². The van der Waals surface area contributed by atoms with Crippen molar-refractivity contribution < 1.29 is 42.5 Å². The highest BCUT2D eigenvalue weighted by atomic mass is 19.4. The van der Waals surface area contributed by atoms with Gasteiger partial charge in [-0.2, -0.15) is 17.9 Å². The summed E-state index contributed by atoms with van der Waals surface area (Å²) in [4.78, 5) is 49.5. The molecule has 1 heterocycles. The molecule has 3 aromatic carbocycles. The number of carbonyl (C=O) groups excluding carboxylic acids is 1. The molecule has 4 rings (SSSR count). The molecule has 1 aromatic heterocycles. The Morgan fingerprint density at radius 1 is 1.04 bits per heavy atom. The van der Waals surface area contributed by atoms with Gasteiger partial charge in [0.2, 0.25) is 0 Å². The summed E-state index contributed by atoms with van der Waals surface area (Å²) in [6, 6.07) is 19.2. The van der Waals surface area contributed by atoms with E-state index in [2.05, 4.69) is 15.4 Å². The van der Waals surface area contributed by atoms with Crippen LogP contribution in [0.1, 0.15) is 33.4 Å². The van der Waals surface area contributed by atoms with E-state index < -0.39 is 29.8 Å². The van der Waals surface area contributed by atoms with Crippen LogP contribution < -0.4 is 21.5 Å². The number of aromatic amines is 1. The molecule has 4 aromatic rings. The fourth-order valence-electron chi connectivity index (χ4n) is 3.73. The van der Waals surface area contributed by atoms with E-state index >= 15 is 0 Å². The number of carboxylic acid groups (broad SMARTS) is 2. The molecular weight excluding hydrogens is 615 g/mol. The number of H-pyrrole nitrogens is 1. The number of anilines is 1. The predicted octanol–water partition coefficient (Wildman–Crippen LogP) is 2.84. The van der Waals surface area contributed by atoms with Crippen molar-refractivity contribution in [3.63, 3.8) is 0 Å². The monoisotopic (exact) mass is 643 g/mol. The Labute approximate surface area is 258 Å². The molecule has 1 amide bonds. The number of para-hydroxylation sites is 1. The molecule has 0 aliphatic carbocycles. The van der Waals surface area contributed by atoms with Gasteiger partial charge < -0.3 is 30.9 Å². The molecule has 0 saturated heterocycles. The van der Waals surface area contributed by atoms with Gasteiger partial charge in [0.1, 0.15) is 17.6 Å². The number of rotatable bonds is 10. The minimum atomic E-state index is -5.08. The minimum absolute atomic E-state index is 0.0680. The average Bonchev–Trinajstić information content (AvgIpc) is 3.39. The topological polar surface area (TPSA) is 217 Å². The number of nitrogen functional groups attached to an aromatic ring is 1. The molecule has 7 N–H and O–H groups in total. The van der Waals surface area contributed by atoms with Crippen LogP contribution in [0.15, 0.2) is 77.6 Å². The number of amides is 1. The lowest BCUT2D eigenvalue weighted by Gasteiger charge is -2.19. The number of likely N-dealkylation sites (N-methyl/N-ethyl adjacent to an activating group) is 1. The molecule has 1 unspecified atom stereocenters. The van der Waals surface area contributed by atoms with Crippen LogP contribution in [0.25, 0.3) is 5.69 Å². The number of nitrogens with zero attached hydrogens (tertiary/aromatic N) is 3. The van der Waals surface area contributed by atoms with Crippen LogP contribution in [0.5, 0.6) is 5.75 Å². The first-order chi connectivity index (χ1) is 21.6. The zero-order valence-corrected chi connectivity index (χ0v) is 24.2. The summed E-state index contributed by atoms with van der Waals surface area (Å²) in [6.07, 6.45) is -5.08. The van der Waals surface area contributed by atoms with Gasteiger partial charge in [-0.1, -0.05) is 24.3 Å². The first kappa shape index (κ1) is 34.4. The fraction of sp³-hybridized carbons (Fsp3) is 0.172. The summed E-state index contributed by atoms with van der Waals surface area (Å²) < 4.78 is 38.3. The second kappa shape index (κ2) is 14.6. The van der Waals surface area contributed by atoms with Crippen molar-refractivity contribution in [2.24, 2.45) is 5.73 Å². The number of carbonyl (C=O) groups is 3. The van der Waals surface area contributed by atoms with E-state index in [0.29, 0.717) is 22.6 Å². The summed E-state index contributed by atoms with van der Waals surface area (Å²) in [6.45, 7) is -0.114. The number of aromatic carboxylic acids is 1. The molecule has 0 fully saturated rings. The standard InChI is InChI=1S/C27H27N7O5.C2HF3O2/c1-33(2)22(35)15-39-19-13-9-16(10-14-19)23(30-18-11-7-17(8-12-18)24(28)29)25-31-27(38)34(32-25)21-6-4-3-5-20(21)26(36)37;3-2(4,5)1(6)7/h3-14,23,30H,15H2,1-2H3,(H3,28,29)(H,36,37)(H,31,32,38);(H,6,7). The molecule has 0 spiro atoms. The Kier molecular flexibility index (Phi) is 10.9. The Bertz CT molecular complexity index is 1770. The lowest BCUT2D eigenvalue weighted by Crippen LogP contribution is -2.27. The van der Waals surface area contributed by atoms with Crippen LogP contribution in [-0.2, 0) is 9.59 Å². The molecule has 0 saturated carbocycles. The van der Waals surface area contributed by atoms with E-state index in [-0.39, 0.29) is 35.4 Å². The quantitative estimate of drug-likeness (QED) is 0.110. The summed E-state index contributed by atoms with van der Waals surface area (Å²) >= 11 is 0. The van der Waals surface area contributed by atoms with Crippen LogP contribution in [0.2, 0.25) is 0 Å². The molecule has 0 aliphatic rings. The van der Waals surface area contributed by atoms with E-state index in [0.717, 1.165) is 4.68 Å². The van der Waals surface area contributed by atoms with Gasteiger partial charge in [0.15, 0.2) is 12.4 Å². The first-order valence-electron chi connectivity index (χ1n) is 13.0. The second-order valence-corrected chi connectivity index (χ2v) is 9.57. The van der Waals surface area contributed by atoms with Crippen molar-refractivity contribution in [1.29, 1.82) is 5.41 Å². The number of nitrogens with one attached hydrogen (secondary N) is 3. The van der Waals surface area contributed by atoms with Crippen molar-refractivity contribution in [2.75, 3.05) is 26.0 Å². The highest BCUT2D eigenvalue weighted by molar-refractivity contribution is 5.95. The van der Waals surface area contributed by atoms with E-state index in [1.165, 1.54) is 17.0 Å². The van der Waals surface area contributed by atoms with E-state index in [4.69, 9.17) is 25.8 Å². The zero-order valence-electron chi connectivity index (χ0n) is 24.2. The number of aromatic nitrogens is 3. The number of ether oxygens (including phenoxy) is 1. The highest BCUT2D eigenvalue weighted by Gasteiger charge is 2.38. The van der Waals surface area contributed by atoms with Crippen LogP contribution >= 0.6 is 0 Å². The van der Waals surface area contributed by atoms with E-state index in [9.17, 15) is 32.7 Å². The van der Waals surface area contributed by atoms with Crippen LogP contribution in [0.4, 0.5) is 18.9 Å². The summed E-state index contributed by atoms with van der Waals surface area (Å²) in [5, 5.41) is 32.1. The maximum absolute atomic E-state index is 12.9. The van der Waals surface area contributed by atoms with Gasteiger partial charge in [0, 0.05) is 25.3 Å². The molecule has 242 valence electrons. The van der Waals surface area contributed by atoms with Gasteiger partial charge in [0.25, 0.3) is 5.91 Å². The van der Waals surface area contributed by atoms with Gasteiger partial charge in [0.05, 0.1) is 11.3 Å². The SMILES string of the molecule is CN(C)C(=O)COc1ccc(C(Nc2ccc(C(=N)N)cc2)c2nn(-c3ccccc3C(=O)O)c(=O)[nH]2)cc1.O=C(O)C(F)(F)F. The van der Waals surface area contributed by atoms with E-state index in [1.807, 2.05) is 0 Å². The van der Waals surface area contributed by atoms with E-state index in [1.54, 1.807) is 74.8 Å². The molecule has 46 heavy (non-hydrogen) atoms. The third-order valence-corrected chi connectivity index (χ3v) is 6.10. The summed E-state index contributed by atoms with van der Waals surface area (Å²) in [7, 11) is 3.28. The average molecular weight is 644 g/mol. The number of carboxylic acids is 2. The first-order valence-corrected chi connectivity index (χ1v) is 13.0. The molecule has 0 aliphatic heterocycles. The van der Waals surface area contributed by atoms with Crippen molar-refractivity contribution in [3.8, 4) is 11.4 Å². The van der Waals surface area contributed by atoms with Crippen LogP contribution in [-0.4, -0.2) is 80.4 Å². The van der Waals surface area contributed by atoms with Gasteiger partial charge >= 0.3 is 23.8 Å². The maximum atomic E-state index is 12.9. The number of amidine groups is 1. The molecule has 17 heteroatoms. The normalized spacial score (nSPS) is 11.4. The number of hydrogen-bond donors (Lipinski definition) is 6. The third-order valence-electron chi connectivity index (χ3n) is 6.10. The molecule has 1 atom stereocenters. The lowest BCUT2D eigenvalue weighted by atomic mass is 10.1. The van der Waals surface area contributed by atoms with Crippen LogP contribution in [0, 0.1) is 5.41 Å². The highest BCUT2D eigenvalue weighted by Crippen LogP contribution is 2.27. The smallest absolute Gasteiger partial charge is 0.484 e. The van der Waals surface area contributed by atoms with Gasteiger partial charge in [-0.15, -0.1) is 5.10 Å². The number of benzene rings is 3. The number of aliphatic carboxylic acids is 1. The van der Waals surface area contributed by atoms with Gasteiger partial charge in [-0.25, -0.2) is 14.4 Å². The number of nitrogens with two attached hydrogens (primary N) is 1. The fourth-order valence-corrected chi connectivity index (χ4v) is 3.73. The largest absolute Gasteiger partial charge is 0.490 e. The van der Waals surface area contributed by atoms with Crippen LogP contribution in [0.3, 0.4) is 0 Å². The number of alkyl halides is 3. The van der Waals surface area contributed by atoms with Gasteiger partial charge in [-0.05, 0) is 54.1 Å². The Hall–Kier alpha value is -6.13. The molecule has 14 nitrogen and oxygen atoms in total. The number of halogens is 3. The lowest BCUT2D eigenvalue weighted by molar-refractivity contribution is -0.192. The Morgan fingerprint density at radius 3 is 2.15 bits per heavy atom. The Morgan fingerprint density at radius 2 is 1.63 bits per heavy atom. The van der Waals surface area contributed by atoms with Crippen molar-refractivity contribution in [3.05, 3.63) is 106 Å². The summed E-state index contributed by atoms with van der Waals surface area (Å²) in [5.74, 6) is -3.49. The zero-order chi connectivity index (χ0) is 34.2. The minimum Gasteiger partial charge on any atom is -0.484 e. The van der Waals surface area contributed by atoms with Crippen molar-refractivity contribution >= 4 is 29.4 Å². The van der Waals surface area contributed by atoms with Crippen molar-refractivity contribution in [1.82, 2.24) is 19.7 Å². The summed E-state index contributed by atoms with van der Waals surface area (Å²) in [5.41, 5.74) is 6.90. The predicted molar refractivity (Wildman–Crippen MR) is 158 cm³/mol. The molecule has 0 radical (unpaired) electrons. The Balaban J connectivity index is 0.000000738. The molecular formula is C29H28F3N7O7. The maximum Gasteiger partial charge on any atom is 0.490 e. The number of hydrogen-bond acceptors (Lipinski definition) is 8. The second-order valence-electron chi connectivity index (χ2n) is 9.57. The van der Waals surface area contributed by atoms with Gasteiger partial charge in [-0.3, -0.25) is 15.2 Å². The third kappa shape index (κ3) is 8.94.